The van der Waals surface area contributed by atoms with Gasteiger partial charge in [-0.1, -0.05) is 24.1 Å². The predicted molar refractivity (Wildman–Crippen MR) is 170 cm³/mol. The van der Waals surface area contributed by atoms with Crippen molar-refractivity contribution >= 4 is 33.4 Å². The smallest absolute Gasteiger partial charge is 0.337 e. The first-order valence-corrected chi connectivity index (χ1v) is 18.1. The molecule has 10 heteroatoms. The topological polar surface area (TPSA) is 91.4 Å². The van der Waals surface area contributed by atoms with Gasteiger partial charge in [0.15, 0.2) is 0 Å². The van der Waals surface area contributed by atoms with E-state index >= 15 is 0 Å². The largest absolute Gasteiger partial charge is 0.490 e. The highest BCUT2D eigenvalue weighted by Crippen LogP contribution is 2.48. The number of carbonyl (C=O) groups is 1. The first-order valence-electron chi connectivity index (χ1n) is 15.9. The van der Waals surface area contributed by atoms with Crippen LogP contribution in [0.25, 0.3) is 0 Å². The summed E-state index contributed by atoms with van der Waals surface area (Å²) in [5.74, 6) is 1.40. The Morgan fingerprint density at radius 1 is 1.11 bits per heavy atom. The fraction of sp³-hybridized carbons (Fsp3) is 0.618. The van der Waals surface area contributed by atoms with Gasteiger partial charge < -0.3 is 19.1 Å². The van der Waals surface area contributed by atoms with Crippen LogP contribution in [0.2, 0.25) is 5.02 Å². The molecule has 4 aliphatic rings. The molecule has 2 fully saturated rings. The molecular formula is C34H44ClNO7S. The van der Waals surface area contributed by atoms with Crippen molar-refractivity contribution < 1.29 is 31.6 Å². The predicted octanol–water partition coefficient (Wildman–Crippen LogP) is 6.18. The van der Waals surface area contributed by atoms with E-state index in [4.69, 9.17) is 30.0 Å². The highest BCUT2D eigenvalue weighted by Gasteiger charge is 2.46. The summed E-state index contributed by atoms with van der Waals surface area (Å²) in [6.07, 6.45) is 9.51. The van der Waals surface area contributed by atoms with Gasteiger partial charge in [-0.2, -0.15) is 8.42 Å². The average Bonchev–Trinajstić information content (AvgIpc) is 3.13. The third-order valence-electron chi connectivity index (χ3n) is 10.5. The Labute approximate surface area is 266 Å². The van der Waals surface area contributed by atoms with Crippen LogP contribution in [0.15, 0.2) is 36.4 Å². The average molecular weight is 646 g/mol. The van der Waals surface area contributed by atoms with E-state index in [1.54, 1.807) is 13.2 Å². The summed E-state index contributed by atoms with van der Waals surface area (Å²) >= 11 is 6.42. The highest BCUT2D eigenvalue weighted by molar-refractivity contribution is 7.86. The maximum Gasteiger partial charge on any atom is 0.337 e. The molecule has 0 N–H and O–H groups in total. The van der Waals surface area contributed by atoms with Gasteiger partial charge in [0.25, 0.3) is 10.1 Å². The van der Waals surface area contributed by atoms with E-state index in [1.165, 1.54) is 18.2 Å². The molecule has 1 unspecified atom stereocenters. The molecule has 2 saturated carbocycles. The van der Waals surface area contributed by atoms with E-state index < -0.39 is 10.1 Å². The summed E-state index contributed by atoms with van der Waals surface area (Å²) in [5.41, 5.74) is 3.81. The van der Waals surface area contributed by atoms with Crippen molar-refractivity contribution in [2.75, 3.05) is 45.1 Å². The first kappa shape index (κ1) is 31.6. The molecule has 8 nitrogen and oxygen atoms in total. The lowest BCUT2D eigenvalue weighted by atomic mass is 9.65. The van der Waals surface area contributed by atoms with Gasteiger partial charge in [0.05, 0.1) is 43.4 Å². The molecule has 240 valence electrons. The molecule has 6 rings (SSSR count). The van der Waals surface area contributed by atoms with Crippen LogP contribution in [-0.4, -0.2) is 66.8 Å². The van der Waals surface area contributed by atoms with E-state index in [1.807, 2.05) is 18.2 Å². The van der Waals surface area contributed by atoms with Crippen molar-refractivity contribution in [3.05, 3.63) is 58.1 Å². The number of fused-ring (bicyclic) bond motifs is 3. The zero-order valence-electron chi connectivity index (χ0n) is 25.9. The number of aryl methyl sites for hydroxylation is 1. The number of hydrogen-bond donors (Lipinski definition) is 0. The molecule has 44 heavy (non-hydrogen) atoms. The van der Waals surface area contributed by atoms with Gasteiger partial charge >= 0.3 is 5.97 Å². The van der Waals surface area contributed by atoms with E-state index in [0.717, 1.165) is 87.2 Å². The van der Waals surface area contributed by atoms with Crippen molar-refractivity contribution in [1.82, 2.24) is 0 Å². The van der Waals surface area contributed by atoms with E-state index in [0.29, 0.717) is 30.4 Å². The maximum atomic E-state index is 12.6. The minimum absolute atomic E-state index is 0.0373. The molecule has 0 amide bonds. The fourth-order valence-electron chi connectivity index (χ4n) is 8.43. The van der Waals surface area contributed by atoms with E-state index in [9.17, 15) is 13.2 Å². The molecule has 6 atom stereocenters. The Kier molecular flexibility index (Phi) is 9.22. The number of halogens is 1. The summed E-state index contributed by atoms with van der Waals surface area (Å²) < 4.78 is 47.0. The molecule has 0 saturated heterocycles. The van der Waals surface area contributed by atoms with Gasteiger partial charge in [-0.05, 0) is 111 Å². The fourth-order valence-corrected chi connectivity index (χ4v) is 9.29. The summed E-state index contributed by atoms with van der Waals surface area (Å²) in [4.78, 5) is 15.0. The number of hydrogen-bond acceptors (Lipinski definition) is 8. The number of carbonyl (C=O) groups excluding carboxylic acids is 1. The van der Waals surface area contributed by atoms with E-state index in [-0.39, 0.29) is 29.5 Å². The molecule has 0 bridgehead atoms. The Hall–Kier alpha value is -2.33. The van der Waals surface area contributed by atoms with Crippen molar-refractivity contribution in [1.29, 1.82) is 0 Å². The molecule has 0 radical (unpaired) electrons. The van der Waals surface area contributed by atoms with Crippen LogP contribution in [0, 0.1) is 17.8 Å². The second-order valence-corrected chi connectivity index (χ2v) is 15.4. The van der Waals surface area contributed by atoms with Crippen LogP contribution in [0.1, 0.15) is 72.9 Å². The lowest BCUT2D eigenvalue weighted by Gasteiger charge is -2.48. The van der Waals surface area contributed by atoms with Crippen LogP contribution < -0.4 is 9.64 Å². The van der Waals surface area contributed by atoms with Gasteiger partial charge in [-0.25, -0.2) is 4.79 Å². The normalized spacial score (nSPS) is 29.0. The summed E-state index contributed by atoms with van der Waals surface area (Å²) in [7, 11) is -0.308. The Morgan fingerprint density at radius 2 is 1.95 bits per heavy atom. The van der Waals surface area contributed by atoms with Crippen molar-refractivity contribution in [3.63, 3.8) is 0 Å². The second-order valence-electron chi connectivity index (χ2n) is 13.3. The number of ether oxygens (including phenoxy) is 3. The third-order valence-corrected chi connectivity index (χ3v) is 11.4. The molecule has 0 aromatic heterocycles. The van der Waals surface area contributed by atoms with E-state index in [2.05, 4.69) is 17.0 Å². The highest BCUT2D eigenvalue weighted by atomic mass is 35.5. The lowest BCUT2D eigenvalue weighted by molar-refractivity contribution is -0.0693. The third kappa shape index (κ3) is 6.48. The SMILES string of the molecule is COC(=O)c1ccc2c(c1)N(C[C@@H]1CC[C@H]1C(OC)[C@@H]1CCC[C@@H](OS(C)(=O)=O)C1)C[C@@]1(CCCc3cc(Cl)ccc31)CO2. The number of methoxy groups -OCH3 is 2. The number of esters is 1. The van der Waals surface area contributed by atoms with Gasteiger partial charge in [0.1, 0.15) is 5.75 Å². The van der Waals surface area contributed by atoms with Crippen LogP contribution in [0.4, 0.5) is 5.69 Å². The molecular weight excluding hydrogens is 602 g/mol. The minimum Gasteiger partial charge on any atom is -0.490 e. The number of anilines is 1. The van der Waals surface area contributed by atoms with Gasteiger partial charge in [-0.15, -0.1) is 0 Å². The quantitative estimate of drug-likeness (QED) is 0.249. The number of benzene rings is 2. The number of rotatable bonds is 8. The molecule has 2 aromatic carbocycles. The number of nitrogens with zero attached hydrogens (tertiary/aromatic N) is 1. The molecule has 3 aliphatic carbocycles. The first-order chi connectivity index (χ1) is 21.1. The van der Waals surface area contributed by atoms with Gasteiger partial charge in [0.2, 0.25) is 0 Å². The molecule has 2 aromatic rings. The summed E-state index contributed by atoms with van der Waals surface area (Å²) in [6.45, 7) is 2.14. The Morgan fingerprint density at radius 3 is 2.68 bits per heavy atom. The van der Waals surface area contributed by atoms with Crippen molar-refractivity contribution in [3.8, 4) is 5.75 Å². The Balaban J connectivity index is 1.29. The van der Waals surface area contributed by atoms with Crippen LogP contribution in [0.5, 0.6) is 5.75 Å². The Bertz CT molecular complexity index is 1480. The molecule has 1 spiro atoms. The second kappa shape index (κ2) is 12.8. The van der Waals surface area contributed by atoms with Crippen molar-refractivity contribution in [2.45, 2.75) is 75.4 Å². The standard InChI is InChI=1S/C34H44ClNO7S/c1-40-32(23-6-4-8-27(17-23)43-44(3,38)39)28-12-9-25(28)19-36-20-34(15-5-7-22-16-26(35)11-13-29(22)34)21-42-31-14-10-24(18-30(31)36)33(37)41-2/h10-11,13-14,16,18,23,25,27-28,32H,4-9,12,15,17,19-21H2,1-3H3/t23-,25+,27-,28-,32?,34+/m1/s1. The molecule has 1 heterocycles. The van der Waals surface area contributed by atoms with Crippen LogP contribution in [-0.2, 0) is 35.6 Å². The molecule has 1 aliphatic heterocycles. The summed E-state index contributed by atoms with van der Waals surface area (Å²) in [6, 6.07) is 11.9. The zero-order chi connectivity index (χ0) is 31.1. The summed E-state index contributed by atoms with van der Waals surface area (Å²) in [5, 5.41) is 0.757. The monoisotopic (exact) mass is 645 g/mol. The minimum atomic E-state index is -3.50. The maximum absolute atomic E-state index is 12.6. The van der Waals surface area contributed by atoms with Crippen LogP contribution >= 0.6 is 11.6 Å². The van der Waals surface area contributed by atoms with Gasteiger partial charge in [-0.3, -0.25) is 4.18 Å². The lowest BCUT2D eigenvalue weighted by Crippen LogP contribution is -2.51. The van der Waals surface area contributed by atoms with Crippen molar-refractivity contribution in [2.24, 2.45) is 17.8 Å². The van der Waals surface area contributed by atoms with Crippen LogP contribution in [0.3, 0.4) is 0 Å². The van der Waals surface area contributed by atoms with Gasteiger partial charge in [0, 0.05) is 30.6 Å². The zero-order valence-corrected chi connectivity index (χ0v) is 27.5.